The van der Waals surface area contributed by atoms with E-state index in [1.807, 2.05) is 17.0 Å². The Hall–Kier alpha value is -0.415. The first-order valence-corrected chi connectivity index (χ1v) is 6.09. The third kappa shape index (κ3) is 3.87. The highest BCUT2D eigenvalue weighted by atomic mass is 35.5. The van der Waals surface area contributed by atoms with Gasteiger partial charge in [0.25, 0.3) is 0 Å². The van der Waals surface area contributed by atoms with Crippen LogP contribution in [-0.4, -0.2) is 42.0 Å². The Bertz CT molecular complexity index is 302. The van der Waals surface area contributed by atoms with Gasteiger partial charge in [-0.05, 0) is 17.6 Å². The largest absolute Gasteiger partial charge is 0.488 e. The molecule has 2 N–H and O–H groups in total. The summed E-state index contributed by atoms with van der Waals surface area (Å²) in [7, 11) is -1.43. The van der Waals surface area contributed by atoms with E-state index in [-0.39, 0.29) is 0 Å². The lowest BCUT2D eigenvalue weighted by Crippen LogP contribution is -2.31. The molecule has 0 atom stereocenters. The van der Waals surface area contributed by atoms with Crippen LogP contribution in [0.15, 0.2) is 24.3 Å². The van der Waals surface area contributed by atoms with Crippen molar-refractivity contribution < 1.29 is 10.0 Å². The van der Waals surface area contributed by atoms with Crippen molar-refractivity contribution in [1.29, 1.82) is 0 Å². The molecule has 16 heavy (non-hydrogen) atoms. The Kier molecular flexibility index (Phi) is 5.99. The molecule has 3 nitrogen and oxygen atoms in total. The zero-order valence-corrected chi connectivity index (χ0v) is 10.3. The van der Waals surface area contributed by atoms with Gasteiger partial charge < -0.3 is 14.9 Å². The minimum Gasteiger partial charge on any atom is -0.423 e. The number of benzene rings is 1. The van der Waals surface area contributed by atoms with Crippen LogP contribution in [0.4, 0.5) is 5.69 Å². The van der Waals surface area contributed by atoms with Gasteiger partial charge >= 0.3 is 7.12 Å². The Morgan fingerprint density at radius 1 is 1.00 bits per heavy atom. The van der Waals surface area contributed by atoms with Crippen molar-refractivity contribution in [1.82, 2.24) is 0 Å². The Morgan fingerprint density at radius 2 is 1.50 bits per heavy atom. The van der Waals surface area contributed by atoms with Gasteiger partial charge in [0.15, 0.2) is 0 Å². The number of alkyl halides is 2. The van der Waals surface area contributed by atoms with Gasteiger partial charge in [-0.2, -0.15) is 0 Å². The predicted octanol–water partition coefficient (Wildman–Crippen LogP) is 0.650. The summed E-state index contributed by atoms with van der Waals surface area (Å²) >= 11 is 11.4. The van der Waals surface area contributed by atoms with Crippen LogP contribution in [0.25, 0.3) is 0 Å². The van der Waals surface area contributed by atoms with Gasteiger partial charge in [-0.1, -0.05) is 12.1 Å². The fraction of sp³-hybridized carbons (Fsp3) is 0.400. The van der Waals surface area contributed by atoms with E-state index >= 15 is 0 Å². The minimum atomic E-state index is -1.43. The number of halogens is 2. The zero-order chi connectivity index (χ0) is 12.0. The Morgan fingerprint density at radius 3 is 1.88 bits per heavy atom. The molecular weight excluding hydrogens is 248 g/mol. The molecule has 0 saturated carbocycles. The molecule has 0 aliphatic rings. The Balaban J connectivity index is 2.76. The number of nitrogens with zero attached hydrogens (tertiary/aromatic N) is 1. The standard InChI is InChI=1S/C10H14BCl2NO2/c12-5-7-14(8-6-13)10-3-1-9(2-4-10)11(15)16/h1-4,15-16H,5-8H2. The van der Waals surface area contributed by atoms with Crippen LogP contribution in [0.3, 0.4) is 0 Å². The second-order valence-electron chi connectivity index (χ2n) is 3.33. The molecule has 0 aliphatic heterocycles. The lowest BCUT2D eigenvalue weighted by Gasteiger charge is -2.22. The second kappa shape index (κ2) is 7.02. The second-order valence-corrected chi connectivity index (χ2v) is 4.09. The van der Waals surface area contributed by atoms with Crippen molar-refractivity contribution in [3.05, 3.63) is 24.3 Å². The maximum atomic E-state index is 8.96. The normalized spacial score (nSPS) is 10.2. The van der Waals surface area contributed by atoms with Gasteiger partial charge in [0.2, 0.25) is 0 Å². The summed E-state index contributed by atoms with van der Waals surface area (Å²) in [4.78, 5) is 2.05. The lowest BCUT2D eigenvalue weighted by atomic mass is 9.80. The molecule has 1 aromatic rings. The molecule has 0 saturated heterocycles. The number of hydrogen-bond acceptors (Lipinski definition) is 3. The third-order valence-electron chi connectivity index (χ3n) is 2.27. The van der Waals surface area contributed by atoms with E-state index in [4.69, 9.17) is 33.2 Å². The van der Waals surface area contributed by atoms with E-state index in [0.29, 0.717) is 17.2 Å². The highest BCUT2D eigenvalue weighted by Crippen LogP contribution is 2.12. The molecule has 0 radical (unpaired) electrons. The molecule has 1 rings (SSSR count). The fourth-order valence-corrected chi connectivity index (χ4v) is 1.84. The van der Waals surface area contributed by atoms with Crippen LogP contribution in [0.5, 0.6) is 0 Å². The smallest absolute Gasteiger partial charge is 0.423 e. The molecule has 0 heterocycles. The fourth-order valence-electron chi connectivity index (χ4n) is 1.43. The van der Waals surface area contributed by atoms with Crippen molar-refractivity contribution in [3.63, 3.8) is 0 Å². The van der Waals surface area contributed by atoms with Crippen molar-refractivity contribution in [2.45, 2.75) is 0 Å². The van der Waals surface area contributed by atoms with E-state index in [9.17, 15) is 0 Å². The van der Waals surface area contributed by atoms with Crippen molar-refractivity contribution in [2.24, 2.45) is 0 Å². The predicted molar refractivity (Wildman–Crippen MR) is 69.9 cm³/mol. The summed E-state index contributed by atoms with van der Waals surface area (Å²) in [5.74, 6) is 1.06. The molecule has 6 heteroatoms. The van der Waals surface area contributed by atoms with E-state index in [1.54, 1.807) is 12.1 Å². The summed E-state index contributed by atoms with van der Waals surface area (Å²) in [5, 5.41) is 17.9. The molecular formula is C10H14BCl2NO2. The van der Waals surface area contributed by atoms with Crippen LogP contribution in [0.2, 0.25) is 0 Å². The molecule has 0 bridgehead atoms. The number of anilines is 1. The summed E-state index contributed by atoms with van der Waals surface area (Å²) in [6.45, 7) is 1.44. The SMILES string of the molecule is OB(O)c1ccc(N(CCCl)CCCl)cc1. The summed E-state index contributed by atoms with van der Waals surface area (Å²) in [6.07, 6.45) is 0. The van der Waals surface area contributed by atoms with E-state index in [1.165, 1.54) is 0 Å². The Labute approximate surface area is 106 Å². The summed E-state index contributed by atoms with van der Waals surface area (Å²) in [5.41, 5.74) is 1.45. The third-order valence-corrected chi connectivity index (χ3v) is 2.60. The lowest BCUT2D eigenvalue weighted by molar-refractivity contribution is 0.426. The first-order valence-electron chi connectivity index (χ1n) is 5.02. The first kappa shape index (κ1) is 13.6. The van der Waals surface area contributed by atoms with Crippen LogP contribution in [0.1, 0.15) is 0 Å². The van der Waals surface area contributed by atoms with Gasteiger partial charge in [-0.15, -0.1) is 23.2 Å². The molecule has 88 valence electrons. The van der Waals surface area contributed by atoms with Crippen LogP contribution >= 0.6 is 23.2 Å². The molecule has 1 aromatic carbocycles. The van der Waals surface area contributed by atoms with E-state index in [0.717, 1.165) is 18.8 Å². The molecule has 0 fully saturated rings. The number of hydrogen-bond donors (Lipinski definition) is 2. The van der Waals surface area contributed by atoms with E-state index in [2.05, 4.69) is 0 Å². The highest BCUT2D eigenvalue weighted by Gasteiger charge is 2.11. The zero-order valence-electron chi connectivity index (χ0n) is 8.81. The van der Waals surface area contributed by atoms with Crippen LogP contribution in [-0.2, 0) is 0 Å². The van der Waals surface area contributed by atoms with E-state index < -0.39 is 7.12 Å². The van der Waals surface area contributed by atoms with Crippen molar-refractivity contribution in [3.8, 4) is 0 Å². The highest BCUT2D eigenvalue weighted by molar-refractivity contribution is 6.58. The molecule has 0 aromatic heterocycles. The van der Waals surface area contributed by atoms with Gasteiger partial charge in [-0.3, -0.25) is 0 Å². The van der Waals surface area contributed by atoms with Crippen molar-refractivity contribution >= 4 is 41.5 Å². The summed E-state index contributed by atoms with van der Waals surface area (Å²) < 4.78 is 0. The average molecular weight is 262 g/mol. The molecule has 0 aliphatic carbocycles. The van der Waals surface area contributed by atoms with Gasteiger partial charge in [0.1, 0.15) is 0 Å². The molecule has 0 spiro atoms. The molecule has 0 amide bonds. The number of rotatable bonds is 6. The van der Waals surface area contributed by atoms with Gasteiger partial charge in [-0.25, -0.2) is 0 Å². The van der Waals surface area contributed by atoms with Crippen LogP contribution < -0.4 is 10.4 Å². The maximum absolute atomic E-state index is 8.96. The summed E-state index contributed by atoms with van der Waals surface area (Å²) in [6, 6.07) is 7.01. The monoisotopic (exact) mass is 261 g/mol. The van der Waals surface area contributed by atoms with Gasteiger partial charge in [0, 0.05) is 30.5 Å². The average Bonchev–Trinajstić information content (AvgIpc) is 2.29. The maximum Gasteiger partial charge on any atom is 0.488 e. The van der Waals surface area contributed by atoms with Crippen LogP contribution in [0, 0.1) is 0 Å². The van der Waals surface area contributed by atoms with Gasteiger partial charge in [0.05, 0.1) is 0 Å². The van der Waals surface area contributed by atoms with Crippen molar-refractivity contribution in [2.75, 3.05) is 29.7 Å². The topological polar surface area (TPSA) is 43.7 Å². The minimum absolute atomic E-state index is 0.473. The molecule has 0 unspecified atom stereocenters. The quantitative estimate of drug-likeness (QED) is 0.584. The first-order chi connectivity index (χ1) is 7.69.